The first-order valence-corrected chi connectivity index (χ1v) is 11.1. The third-order valence-electron chi connectivity index (χ3n) is 6.12. The first kappa shape index (κ1) is 19.0. The summed E-state index contributed by atoms with van der Waals surface area (Å²) in [7, 11) is 0. The lowest BCUT2D eigenvalue weighted by atomic mass is 10.1. The van der Waals surface area contributed by atoms with E-state index in [0.29, 0.717) is 6.61 Å². The zero-order chi connectivity index (χ0) is 21.3. The van der Waals surface area contributed by atoms with Gasteiger partial charge in [-0.05, 0) is 50.2 Å². The number of nitrogens with zero attached hydrogens (tertiary/aromatic N) is 4. The van der Waals surface area contributed by atoms with Crippen LogP contribution in [0.5, 0.6) is 5.75 Å². The number of pyridine rings is 2. The minimum absolute atomic E-state index is 0.670. The standard InChI is InChI=1S/C25H24N6O/c1-2-6-21-17(5-1)12-23(28-21)25-20-13-22(27-16-24(20)29-30-25)18-11-19(15-26-14-18)32-10-9-31-7-3-4-8-31/h1-2,5-6,11-16,28H,3-4,7-10H2,(H,29,30). The quantitative estimate of drug-likeness (QED) is 0.415. The Kier molecular flexibility index (Phi) is 4.81. The van der Waals surface area contributed by atoms with E-state index in [9.17, 15) is 0 Å². The van der Waals surface area contributed by atoms with Crippen molar-refractivity contribution in [1.29, 1.82) is 0 Å². The van der Waals surface area contributed by atoms with Gasteiger partial charge in [-0.2, -0.15) is 5.10 Å². The van der Waals surface area contributed by atoms with E-state index in [4.69, 9.17) is 4.74 Å². The summed E-state index contributed by atoms with van der Waals surface area (Å²) in [5, 5.41) is 9.83. The maximum Gasteiger partial charge on any atom is 0.138 e. The molecule has 1 aliphatic heterocycles. The van der Waals surface area contributed by atoms with Crippen molar-refractivity contribution in [3.05, 3.63) is 61.1 Å². The molecule has 0 radical (unpaired) electrons. The second-order valence-corrected chi connectivity index (χ2v) is 8.26. The molecular weight excluding hydrogens is 400 g/mol. The van der Waals surface area contributed by atoms with Crippen molar-refractivity contribution in [3.63, 3.8) is 0 Å². The number of fused-ring (bicyclic) bond motifs is 2. The topological polar surface area (TPSA) is 82.7 Å². The molecule has 2 N–H and O–H groups in total. The average molecular weight is 425 g/mol. The minimum atomic E-state index is 0.670. The Morgan fingerprint density at radius 2 is 1.88 bits per heavy atom. The molecule has 5 aromatic rings. The van der Waals surface area contributed by atoms with Crippen LogP contribution in [0.15, 0.2) is 61.1 Å². The van der Waals surface area contributed by atoms with Gasteiger partial charge in [-0.15, -0.1) is 0 Å². The highest BCUT2D eigenvalue weighted by atomic mass is 16.5. The predicted octanol–water partition coefficient (Wildman–Crippen LogP) is 4.64. The number of para-hydroxylation sites is 1. The largest absolute Gasteiger partial charge is 0.491 e. The lowest BCUT2D eigenvalue weighted by Gasteiger charge is -2.15. The fourth-order valence-electron chi connectivity index (χ4n) is 4.42. The number of hydrogen-bond donors (Lipinski definition) is 2. The number of benzene rings is 1. The molecule has 0 bridgehead atoms. The highest BCUT2D eigenvalue weighted by molar-refractivity contribution is 5.96. The van der Waals surface area contributed by atoms with Crippen LogP contribution in [0.1, 0.15) is 12.8 Å². The van der Waals surface area contributed by atoms with E-state index < -0.39 is 0 Å². The Labute approximate surface area is 185 Å². The van der Waals surface area contributed by atoms with Gasteiger partial charge in [-0.1, -0.05) is 18.2 Å². The van der Waals surface area contributed by atoms with Crippen molar-refractivity contribution in [2.24, 2.45) is 0 Å². The van der Waals surface area contributed by atoms with Crippen LogP contribution >= 0.6 is 0 Å². The van der Waals surface area contributed by atoms with E-state index >= 15 is 0 Å². The van der Waals surface area contributed by atoms with Crippen molar-refractivity contribution in [2.45, 2.75) is 12.8 Å². The fraction of sp³-hybridized carbons (Fsp3) is 0.240. The van der Waals surface area contributed by atoms with Crippen molar-refractivity contribution < 1.29 is 4.74 Å². The number of H-pyrrole nitrogens is 2. The zero-order valence-electron chi connectivity index (χ0n) is 17.7. The van der Waals surface area contributed by atoms with Gasteiger partial charge in [0.25, 0.3) is 0 Å². The molecule has 0 unspecified atom stereocenters. The number of aromatic amines is 2. The molecule has 160 valence electrons. The fourth-order valence-corrected chi connectivity index (χ4v) is 4.42. The summed E-state index contributed by atoms with van der Waals surface area (Å²) in [6, 6.07) is 14.4. The molecule has 1 aliphatic rings. The number of likely N-dealkylation sites (tertiary alicyclic amines) is 1. The van der Waals surface area contributed by atoms with Crippen LogP contribution in [-0.4, -0.2) is 56.3 Å². The zero-order valence-corrected chi connectivity index (χ0v) is 17.7. The maximum atomic E-state index is 5.97. The summed E-state index contributed by atoms with van der Waals surface area (Å²) < 4.78 is 5.97. The van der Waals surface area contributed by atoms with Gasteiger partial charge in [0.15, 0.2) is 0 Å². The summed E-state index contributed by atoms with van der Waals surface area (Å²) in [4.78, 5) is 14.9. The van der Waals surface area contributed by atoms with E-state index in [1.54, 1.807) is 6.20 Å². The van der Waals surface area contributed by atoms with E-state index in [-0.39, 0.29) is 0 Å². The molecule has 6 rings (SSSR count). The number of ether oxygens (including phenoxy) is 1. The molecule has 1 aromatic carbocycles. The molecule has 7 nitrogen and oxygen atoms in total. The number of rotatable bonds is 6. The summed E-state index contributed by atoms with van der Waals surface area (Å²) >= 11 is 0. The van der Waals surface area contributed by atoms with Crippen LogP contribution in [-0.2, 0) is 0 Å². The Morgan fingerprint density at radius 1 is 0.969 bits per heavy atom. The molecule has 0 saturated carbocycles. The van der Waals surface area contributed by atoms with Gasteiger partial charge >= 0.3 is 0 Å². The summed E-state index contributed by atoms with van der Waals surface area (Å²) in [5.41, 5.74) is 5.62. The second-order valence-electron chi connectivity index (χ2n) is 8.26. The molecule has 7 heteroatoms. The summed E-state index contributed by atoms with van der Waals surface area (Å²) in [6.45, 7) is 3.98. The smallest absolute Gasteiger partial charge is 0.138 e. The molecule has 32 heavy (non-hydrogen) atoms. The van der Waals surface area contributed by atoms with Gasteiger partial charge in [-0.25, -0.2) is 0 Å². The lowest BCUT2D eigenvalue weighted by molar-refractivity contribution is 0.237. The third-order valence-corrected chi connectivity index (χ3v) is 6.12. The Hall–Kier alpha value is -3.71. The average Bonchev–Trinajstić information content (AvgIpc) is 3.58. The monoisotopic (exact) mass is 424 g/mol. The van der Waals surface area contributed by atoms with Crippen molar-refractivity contribution in [2.75, 3.05) is 26.2 Å². The van der Waals surface area contributed by atoms with Gasteiger partial charge in [0.1, 0.15) is 18.1 Å². The normalized spacial score (nSPS) is 14.5. The first-order chi connectivity index (χ1) is 15.8. The number of nitrogens with one attached hydrogen (secondary N) is 2. The SMILES string of the molecule is c1ccc2[nH]c(-c3n[nH]c4cnc(-c5cncc(OCCN6CCCC6)c5)cc34)cc2c1. The van der Waals surface area contributed by atoms with E-state index in [1.807, 2.05) is 30.6 Å². The van der Waals surface area contributed by atoms with E-state index in [2.05, 4.69) is 54.3 Å². The second kappa shape index (κ2) is 8.09. The molecular formula is C25H24N6O. The highest BCUT2D eigenvalue weighted by Crippen LogP contribution is 2.31. The van der Waals surface area contributed by atoms with Crippen LogP contribution in [0, 0.1) is 0 Å². The number of aromatic nitrogens is 5. The Bertz CT molecular complexity index is 1350. The molecule has 1 fully saturated rings. The van der Waals surface area contributed by atoms with Gasteiger partial charge in [-0.3, -0.25) is 20.0 Å². The van der Waals surface area contributed by atoms with E-state index in [1.165, 1.54) is 25.9 Å². The Morgan fingerprint density at radius 3 is 2.78 bits per heavy atom. The molecule has 0 aliphatic carbocycles. The van der Waals surface area contributed by atoms with Crippen molar-refractivity contribution >= 4 is 21.8 Å². The van der Waals surface area contributed by atoms with Crippen LogP contribution in [0.2, 0.25) is 0 Å². The van der Waals surface area contributed by atoms with E-state index in [0.717, 1.165) is 56.7 Å². The lowest BCUT2D eigenvalue weighted by Crippen LogP contribution is -2.25. The number of hydrogen-bond acceptors (Lipinski definition) is 5. The maximum absolute atomic E-state index is 5.97. The van der Waals surface area contributed by atoms with Crippen molar-refractivity contribution in [1.82, 2.24) is 30.0 Å². The molecule has 0 atom stereocenters. The molecule has 0 spiro atoms. The molecule has 4 aromatic heterocycles. The van der Waals surface area contributed by atoms with Gasteiger partial charge < -0.3 is 9.72 Å². The van der Waals surface area contributed by atoms with Crippen LogP contribution < -0.4 is 4.74 Å². The molecule has 5 heterocycles. The highest BCUT2D eigenvalue weighted by Gasteiger charge is 2.14. The third kappa shape index (κ3) is 3.61. The summed E-state index contributed by atoms with van der Waals surface area (Å²) in [5.74, 6) is 0.770. The Balaban J connectivity index is 1.28. The summed E-state index contributed by atoms with van der Waals surface area (Å²) in [6.07, 6.45) is 7.99. The predicted molar refractivity (Wildman–Crippen MR) is 126 cm³/mol. The van der Waals surface area contributed by atoms with Gasteiger partial charge in [0, 0.05) is 34.6 Å². The molecule has 0 amide bonds. The minimum Gasteiger partial charge on any atom is -0.491 e. The van der Waals surface area contributed by atoms with Crippen LogP contribution in [0.4, 0.5) is 0 Å². The first-order valence-electron chi connectivity index (χ1n) is 11.1. The van der Waals surface area contributed by atoms with Gasteiger partial charge in [0.2, 0.25) is 0 Å². The van der Waals surface area contributed by atoms with Gasteiger partial charge in [0.05, 0.1) is 29.3 Å². The molecule has 1 saturated heterocycles. The van der Waals surface area contributed by atoms with Crippen LogP contribution in [0.3, 0.4) is 0 Å². The van der Waals surface area contributed by atoms with Crippen LogP contribution in [0.25, 0.3) is 44.5 Å². The van der Waals surface area contributed by atoms with Crippen molar-refractivity contribution in [3.8, 4) is 28.4 Å².